The van der Waals surface area contributed by atoms with Crippen molar-refractivity contribution in [2.75, 3.05) is 0 Å². The lowest BCUT2D eigenvalue weighted by Crippen LogP contribution is -2.54. The second-order valence-corrected chi connectivity index (χ2v) is 7.55. The van der Waals surface area contributed by atoms with Gasteiger partial charge in [0.15, 0.2) is 0 Å². The maximum atomic E-state index is 12.9. The summed E-state index contributed by atoms with van der Waals surface area (Å²) in [5.41, 5.74) is 1.02. The third-order valence-corrected chi connectivity index (χ3v) is 6.20. The maximum Gasteiger partial charge on any atom is 0.243 e. The predicted molar refractivity (Wildman–Crippen MR) is 83.5 cm³/mol. The molecule has 0 radical (unpaired) electrons. The van der Waals surface area contributed by atoms with Crippen LogP contribution in [0.1, 0.15) is 31.7 Å². The molecule has 1 aromatic rings. The van der Waals surface area contributed by atoms with Crippen molar-refractivity contribution in [3.05, 3.63) is 42.5 Å². The Morgan fingerprint density at radius 1 is 1.33 bits per heavy atom. The third-order valence-electron chi connectivity index (χ3n) is 4.15. The van der Waals surface area contributed by atoms with Gasteiger partial charge in [-0.3, -0.25) is 0 Å². The van der Waals surface area contributed by atoms with Crippen LogP contribution >= 0.6 is 0 Å². The summed E-state index contributed by atoms with van der Waals surface area (Å²) in [6.45, 7) is 7.41. The summed E-state index contributed by atoms with van der Waals surface area (Å²) in [7, 11) is -3.61. The van der Waals surface area contributed by atoms with Crippen molar-refractivity contribution in [1.82, 2.24) is 4.31 Å². The highest BCUT2D eigenvalue weighted by molar-refractivity contribution is 7.89. The highest BCUT2D eigenvalue weighted by Crippen LogP contribution is 2.31. The Labute approximate surface area is 127 Å². The van der Waals surface area contributed by atoms with Crippen LogP contribution in [0.3, 0.4) is 0 Å². The summed E-state index contributed by atoms with van der Waals surface area (Å²) in [5, 5.41) is 10.1. The van der Waals surface area contributed by atoms with Crippen LogP contribution in [0.15, 0.2) is 41.8 Å². The zero-order valence-electron chi connectivity index (χ0n) is 12.6. The van der Waals surface area contributed by atoms with Crippen molar-refractivity contribution < 1.29 is 13.5 Å². The summed E-state index contributed by atoms with van der Waals surface area (Å²) in [6, 6.07) is 6.29. The van der Waals surface area contributed by atoms with E-state index in [9.17, 15) is 13.5 Å². The number of sulfonamides is 1. The number of hydrogen-bond acceptors (Lipinski definition) is 3. The highest BCUT2D eigenvalue weighted by Gasteiger charge is 2.41. The SMILES string of the molecule is C=CC[C@H]1CC[C@H](O)[C@@H](C)N1S(=O)(=O)c1ccc(C)cc1. The number of piperidine rings is 1. The van der Waals surface area contributed by atoms with Crippen LogP contribution in [-0.2, 0) is 10.0 Å². The van der Waals surface area contributed by atoms with Crippen LogP contribution in [0.4, 0.5) is 0 Å². The summed E-state index contributed by atoms with van der Waals surface area (Å²) >= 11 is 0. The standard InChI is InChI=1S/C16H23NO3S/c1-4-5-14-8-11-16(18)13(3)17(14)21(19,20)15-9-6-12(2)7-10-15/h4,6-7,9-10,13-14,16,18H,1,5,8,11H2,2-3H3/t13-,14+,16+/m1/s1. The maximum absolute atomic E-state index is 12.9. The average Bonchev–Trinajstić information content (AvgIpc) is 2.43. The molecule has 0 saturated carbocycles. The lowest BCUT2D eigenvalue weighted by molar-refractivity contribution is 0.0351. The molecule has 4 nitrogen and oxygen atoms in total. The van der Waals surface area contributed by atoms with E-state index in [2.05, 4.69) is 6.58 Å². The Morgan fingerprint density at radius 3 is 2.52 bits per heavy atom. The number of benzene rings is 1. The van der Waals surface area contributed by atoms with Crippen LogP contribution in [0.5, 0.6) is 0 Å². The molecule has 1 heterocycles. The summed E-state index contributed by atoms with van der Waals surface area (Å²) in [4.78, 5) is 0.281. The van der Waals surface area contributed by atoms with Crippen molar-refractivity contribution in [3.8, 4) is 0 Å². The number of rotatable bonds is 4. The molecule has 0 spiro atoms. The fraction of sp³-hybridized carbons (Fsp3) is 0.500. The van der Waals surface area contributed by atoms with E-state index >= 15 is 0 Å². The van der Waals surface area contributed by atoms with Gasteiger partial charge in [-0.1, -0.05) is 23.8 Å². The van der Waals surface area contributed by atoms with Gasteiger partial charge in [0.25, 0.3) is 0 Å². The van der Waals surface area contributed by atoms with Gasteiger partial charge in [-0.25, -0.2) is 8.42 Å². The molecular formula is C16H23NO3S. The molecule has 0 bridgehead atoms. The van der Waals surface area contributed by atoms with E-state index in [0.717, 1.165) is 5.56 Å². The molecule has 0 aromatic heterocycles. The summed E-state index contributed by atoms with van der Waals surface area (Å²) < 4.78 is 27.3. The Hall–Kier alpha value is -1.17. The Bertz CT molecular complexity index is 594. The van der Waals surface area contributed by atoms with Gasteiger partial charge in [0.1, 0.15) is 0 Å². The first kappa shape index (κ1) is 16.2. The van der Waals surface area contributed by atoms with Crippen LogP contribution in [-0.4, -0.2) is 36.0 Å². The lowest BCUT2D eigenvalue weighted by atomic mass is 9.95. The molecule has 116 valence electrons. The number of aryl methyl sites for hydroxylation is 1. The fourth-order valence-electron chi connectivity index (χ4n) is 2.89. The number of hydrogen-bond donors (Lipinski definition) is 1. The first-order valence-electron chi connectivity index (χ1n) is 7.27. The van der Waals surface area contributed by atoms with Crippen LogP contribution < -0.4 is 0 Å². The van der Waals surface area contributed by atoms with E-state index in [1.54, 1.807) is 37.3 Å². The first-order valence-corrected chi connectivity index (χ1v) is 8.71. The Balaban J connectivity index is 2.42. The number of nitrogens with zero attached hydrogens (tertiary/aromatic N) is 1. The number of aliphatic hydroxyl groups is 1. The Morgan fingerprint density at radius 2 is 1.95 bits per heavy atom. The predicted octanol–water partition coefficient (Wildman–Crippen LogP) is 2.47. The quantitative estimate of drug-likeness (QED) is 0.869. The van der Waals surface area contributed by atoms with E-state index < -0.39 is 22.2 Å². The average molecular weight is 309 g/mol. The second-order valence-electron chi connectivity index (χ2n) is 5.71. The molecule has 1 fully saturated rings. The molecule has 1 N–H and O–H groups in total. The van der Waals surface area contributed by atoms with Crippen LogP contribution in [0.2, 0.25) is 0 Å². The van der Waals surface area contributed by atoms with Gasteiger partial charge in [0.05, 0.1) is 11.0 Å². The first-order chi connectivity index (χ1) is 9.87. The van der Waals surface area contributed by atoms with Gasteiger partial charge in [-0.2, -0.15) is 4.31 Å². The minimum Gasteiger partial charge on any atom is -0.391 e. The summed E-state index contributed by atoms with van der Waals surface area (Å²) in [5.74, 6) is 0. The van der Waals surface area contributed by atoms with E-state index in [4.69, 9.17) is 0 Å². The van der Waals surface area contributed by atoms with Crippen molar-refractivity contribution >= 4 is 10.0 Å². The molecule has 2 rings (SSSR count). The third kappa shape index (κ3) is 3.20. The minimum atomic E-state index is -3.61. The van der Waals surface area contributed by atoms with Crippen molar-refractivity contribution in [3.63, 3.8) is 0 Å². The lowest BCUT2D eigenvalue weighted by Gasteiger charge is -2.41. The van der Waals surface area contributed by atoms with Gasteiger partial charge < -0.3 is 5.11 Å². The topological polar surface area (TPSA) is 57.6 Å². The molecular weight excluding hydrogens is 286 g/mol. The smallest absolute Gasteiger partial charge is 0.243 e. The fourth-order valence-corrected chi connectivity index (χ4v) is 4.78. The molecule has 5 heteroatoms. The minimum absolute atomic E-state index is 0.132. The molecule has 3 atom stereocenters. The summed E-state index contributed by atoms with van der Waals surface area (Å²) in [6.07, 6.45) is 3.00. The van der Waals surface area contributed by atoms with Gasteiger partial charge in [-0.15, -0.1) is 6.58 Å². The molecule has 1 aliphatic heterocycles. The number of aliphatic hydroxyl groups excluding tert-OH is 1. The largest absolute Gasteiger partial charge is 0.391 e. The van der Waals surface area contributed by atoms with Gasteiger partial charge in [0, 0.05) is 12.1 Å². The van der Waals surface area contributed by atoms with Crippen molar-refractivity contribution in [1.29, 1.82) is 0 Å². The highest BCUT2D eigenvalue weighted by atomic mass is 32.2. The van der Waals surface area contributed by atoms with E-state index in [1.165, 1.54) is 4.31 Å². The van der Waals surface area contributed by atoms with E-state index in [1.807, 2.05) is 6.92 Å². The molecule has 1 aromatic carbocycles. The van der Waals surface area contributed by atoms with Gasteiger partial charge in [-0.05, 0) is 45.2 Å². The molecule has 21 heavy (non-hydrogen) atoms. The Kier molecular flexibility index (Phi) is 4.86. The van der Waals surface area contributed by atoms with E-state index in [-0.39, 0.29) is 10.9 Å². The normalized spacial score (nSPS) is 27.5. The molecule has 1 aliphatic rings. The molecule has 0 amide bonds. The van der Waals surface area contributed by atoms with Gasteiger partial charge in [0.2, 0.25) is 10.0 Å². The van der Waals surface area contributed by atoms with Crippen molar-refractivity contribution in [2.24, 2.45) is 0 Å². The zero-order chi connectivity index (χ0) is 15.6. The van der Waals surface area contributed by atoms with Gasteiger partial charge >= 0.3 is 0 Å². The molecule has 0 unspecified atom stereocenters. The second kappa shape index (κ2) is 6.30. The van der Waals surface area contributed by atoms with E-state index in [0.29, 0.717) is 19.3 Å². The zero-order valence-corrected chi connectivity index (χ0v) is 13.4. The molecule has 1 saturated heterocycles. The monoisotopic (exact) mass is 309 g/mol. The molecule has 0 aliphatic carbocycles. The van der Waals surface area contributed by atoms with Crippen molar-refractivity contribution in [2.45, 2.75) is 56.2 Å². The van der Waals surface area contributed by atoms with Crippen LogP contribution in [0, 0.1) is 6.92 Å². The van der Waals surface area contributed by atoms with Crippen LogP contribution in [0.25, 0.3) is 0 Å².